The third kappa shape index (κ3) is 6.36. The highest BCUT2D eigenvalue weighted by Gasteiger charge is 2.42. The van der Waals surface area contributed by atoms with Crippen LogP contribution in [0.4, 0.5) is 23.9 Å². The maximum absolute atomic E-state index is 13.6. The van der Waals surface area contributed by atoms with Gasteiger partial charge in [0.1, 0.15) is 11.9 Å². The minimum absolute atomic E-state index is 0.0395. The van der Waals surface area contributed by atoms with Crippen LogP contribution in [0.15, 0.2) is 60.8 Å². The largest absolute Gasteiger partial charge is 0.496 e. The van der Waals surface area contributed by atoms with Gasteiger partial charge in [0.25, 0.3) is 0 Å². The summed E-state index contributed by atoms with van der Waals surface area (Å²) in [7, 11) is 3.26. The van der Waals surface area contributed by atoms with E-state index in [2.05, 4.69) is 32.0 Å². The Morgan fingerprint density at radius 3 is 2.38 bits per heavy atom. The topological polar surface area (TPSA) is 77.0 Å². The number of alkyl halides is 3. The van der Waals surface area contributed by atoms with Gasteiger partial charge in [-0.3, -0.25) is 4.90 Å². The summed E-state index contributed by atoms with van der Waals surface area (Å²) < 4.78 is 57.9. The lowest BCUT2D eigenvalue weighted by molar-refractivity contribution is -0.137. The summed E-state index contributed by atoms with van der Waals surface area (Å²) in [5.41, 5.74) is 6.25. The molecule has 4 aromatic rings. The summed E-state index contributed by atoms with van der Waals surface area (Å²) >= 11 is 0. The molecule has 0 radical (unpaired) electrons. The van der Waals surface area contributed by atoms with Crippen LogP contribution < -0.4 is 9.64 Å². The molecule has 0 spiro atoms. The molecule has 6 rings (SSSR count). The Bertz CT molecular complexity index is 1820. The Balaban J connectivity index is 1.40. The van der Waals surface area contributed by atoms with Gasteiger partial charge in [0.15, 0.2) is 0 Å². The van der Waals surface area contributed by atoms with Crippen LogP contribution in [0.3, 0.4) is 0 Å². The van der Waals surface area contributed by atoms with Gasteiger partial charge in [0.2, 0.25) is 5.95 Å². The van der Waals surface area contributed by atoms with Gasteiger partial charge < -0.3 is 19.1 Å². The summed E-state index contributed by atoms with van der Waals surface area (Å²) in [5.74, 6) is 1.10. The predicted octanol–water partition coefficient (Wildman–Crippen LogP) is 7.68. The molecule has 47 heavy (non-hydrogen) atoms. The van der Waals surface area contributed by atoms with Crippen LogP contribution in [0.5, 0.6) is 5.75 Å². The number of benzene rings is 3. The lowest BCUT2D eigenvalue weighted by Crippen LogP contribution is -2.52. The summed E-state index contributed by atoms with van der Waals surface area (Å²) in [6, 6.07) is 15.4. The van der Waals surface area contributed by atoms with Gasteiger partial charge in [-0.05, 0) is 74.2 Å². The van der Waals surface area contributed by atoms with Crippen molar-refractivity contribution in [1.82, 2.24) is 14.9 Å². The highest BCUT2D eigenvalue weighted by molar-refractivity contribution is 5.80. The van der Waals surface area contributed by atoms with Gasteiger partial charge in [0, 0.05) is 37.5 Å². The minimum atomic E-state index is -4.53. The SMILES string of the molecule is COc1ccc(-c2ccc(C)cc2C)cc1-c1cnc(N2CC(OC)C2)nc1CN1C(=O)O[C@H](c2cc(C)cc(C(F)(F)F)c2)[C@@H]1C. The number of rotatable bonds is 8. The molecule has 0 unspecified atom stereocenters. The molecule has 3 heterocycles. The van der Waals surface area contributed by atoms with Crippen molar-refractivity contribution >= 4 is 12.0 Å². The molecule has 0 N–H and O–H groups in total. The summed E-state index contributed by atoms with van der Waals surface area (Å²) in [6.07, 6.45) is -4.25. The molecule has 2 fully saturated rings. The molecule has 3 aromatic carbocycles. The Hall–Kier alpha value is -4.64. The Kier molecular flexibility index (Phi) is 8.61. The van der Waals surface area contributed by atoms with Crippen molar-refractivity contribution in [2.45, 2.75) is 58.7 Å². The number of hydrogen-bond acceptors (Lipinski definition) is 7. The average molecular weight is 647 g/mol. The number of cyclic esters (lactones) is 1. The predicted molar refractivity (Wildman–Crippen MR) is 172 cm³/mol. The maximum Gasteiger partial charge on any atom is 0.416 e. The number of ether oxygens (including phenoxy) is 3. The number of amides is 1. The van der Waals surface area contributed by atoms with Crippen LogP contribution in [0.25, 0.3) is 22.3 Å². The number of anilines is 1. The first-order valence-corrected chi connectivity index (χ1v) is 15.4. The van der Waals surface area contributed by atoms with Crippen molar-refractivity contribution in [1.29, 1.82) is 0 Å². The van der Waals surface area contributed by atoms with E-state index in [1.165, 1.54) is 4.90 Å². The number of carbonyl (C=O) groups is 1. The Morgan fingerprint density at radius 1 is 0.936 bits per heavy atom. The number of aromatic nitrogens is 2. The zero-order valence-electron chi connectivity index (χ0n) is 27.2. The lowest BCUT2D eigenvalue weighted by atomic mass is 9.94. The van der Waals surface area contributed by atoms with Crippen LogP contribution in [0.1, 0.15) is 46.5 Å². The molecule has 0 bridgehead atoms. The smallest absolute Gasteiger partial charge is 0.416 e. The second kappa shape index (κ2) is 12.5. The van der Waals surface area contributed by atoms with Crippen LogP contribution >= 0.6 is 0 Å². The molecule has 2 aliphatic rings. The molecule has 246 valence electrons. The average Bonchev–Trinajstić information content (AvgIpc) is 3.28. The van der Waals surface area contributed by atoms with E-state index in [1.54, 1.807) is 40.3 Å². The minimum Gasteiger partial charge on any atom is -0.496 e. The number of nitrogens with zero attached hydrogens (tertiary/aromatic N) is 4. The Morgan fingerprint density at radius 2 is 1.70 bits per heavy atom. The molecule has 11 heteroatoms. The highest BCUT2D eigenvalue weighted by Crippen LogP contribution is 2.41. The van der Waals surface area contributed by atoms with Crippen LogP contribution in [-0.4, -0.2) is 60.4 Å². The number of carbonyl (C=O) groups excluding carboxylic acids is 1. The molecule has 8 nitrogen and oxygen atoms in total. The highest BCUT2D eigenvalue weighted by atomic mass is 19.4. The van der Waals surface area contributed by atoms with Gasteiger partial charge in [-0.1, -0.05) is 41.5 Å². The summed E-state index contributed by atoms with van der Waals surface area (Å²) in [6.45, 7) is 8.77. The van der Waals surface area contributed by atoms with Crippen molar-refractivity contribution in [2.24, 2.45) is 0 Å². The molecule has 2 atom stereocenters. The second-order valence-corrected chi connectivity index (χ2v) is 12.3. The molecule has 1 amide bonds. The van der Waals surface area contributed by atoms with E-state index < -0.39 is 30.0 Å². The van der Waals surface area contributed by atoms with Gasteiger partial charge in [-0.25, -0.2) is 14.8 Å². The fourth-order valence-electron chi connectivity index (χ4n) is 6.34. The molecule has 2 saturated heterocycles. The number of halogens is 3. The normalized spacial score (nSPS) is 18.4. The van der Waals surface area contributed by atoms with Gasteiger partial charge in [-0.2, -0.15) is 13.2 Å². The molecule has 1 aromatic heterocycles. The summed E-state index contributed by atoms with van der Waals surface area (Å²) in [5, 5.41) is 0. The van der Waals surface area contributed by atoms with E-state index in [-0.39, 0.29) is 12.6 Å². The fourth-order valence-corrected chi connectivity index (χ4v) is 6.34. The monoisotopic (exact) mass is 646 g/mol. The van der Waals surface area contributed by atoms with Crippen molar-refractivity contribution in [3.63, 3.8) is 0 Å². The van der Waals surface area contributed by atoms with E-state index in [0.29, 0.717) is 47.2 Å². The molecule has 2 aliphatic heterocycles. The zero-order chi connectivity index (χ0) is 33.6. The lowest BCUT2D eigenvalue weighted by Gasteiger charge is -2.38. The Labute approximate surface area is 272 Å². The number of aryl methyl sites for hydroxylation is 3. The molecule has 0 aliphatic carbocycles. The van der Waals surface area contributed by atoms with E-state index in [9.17, 15) is 18.0 Å². The van der Waals surface area contributed by atoms with Crippen LogP contribution in [-0.2, 0) is 22.2 Å². The molecular formula is C36H37F3N4O4. The van der Waals surface area contributed by atoms with Crippen molar-refractivity contribution in [2.75, 3.05) is 32.2 Å². The summed E-state index contributed by atoms with van der Waals surface area (Å²) in [4.78, 5) is 26.5. The number of hydrogen-bond donors (Lipinski definition) is 0. The van der Waals surface area contributed by atoms with Crippen molar-refractivity contribution in [3.05, 3.63) is 94.3 Å². The van der Waals surface area contributed by atoms with Crippen molar-refractivity contribution < 1.29 is 32.2 Å². The molecular weight excluding hydrogens is 609 g/mol. The second-order valence-electron chi connectivity index (χ2n) is 12.3. The van der Waals surface area contributed by atoms with E-state index in [0.717, 1.165) is 39.9 Å². The first-order valence-electron chi connectivity index (χ1n) is 15.4. The van der Waals surface area contributed by atoms with E-state index >= 15 is 0 Å². The molecule has 0 saturated carbocycles. The first kappa shape index (κ1) is 32.3. The quantitative estimate of drug-likeness (QED) is 0.194. The third-order valence-electron chi connectivity index (χ3n) is 8.97. The van der Waals surface area contributed by atoms with Gasteiger partial charge >= 0.3 is 12.3 Å². The van der Waals surface area contributed by atoms with E-state index in [4.69, 9.17) is 24.2 Å². The third-order valence-corrected chi connectivity index (χ3v) is 8.97. The van der Waals surface area contributed by atoms with Crippen LogP contribution in [0.2, 0.25) is 0 Å². The van der Waals surface area contributed by atoms with Gasteiger partial charge in [0.05, 0.1) is 37.1 Å². The number of methoxy groups -OCH3 is 2. The maximum atomic E-state index is 13.6. The van der Waals surface area contributed by atoms with E-state index in [1.807, 2.05) is 23.1 Å². The van der Waals surface area contributed by atoms with Crippen molar-refractivity contribution in [3.8, 4) is 28.0 Å². The fraction of sp³-hybridized carbons (Fsp3) is 0.361. The standard InChI is InChI=1S/C36H37F3N4O4/c1-20-7-9-28(22(3)11-20)24-8-10-32(46-6)29(15-24)30-16-40-34(42-17-27(18-42)45-5)41-31(30)19-43-23(4)33(47-35(43)44)25-12-21(2)13-26(14-25)36(37,38)39/h7-16,23,27,33H,17-19H2,1-6H3/t23-,33-/m0/s1. The van der Waals surface area contributed by atoms with Crippen LogP contribution in [0, 0.1) is 20.8 Å². The zero-order valence-corrected chi connectivity index (χ0v) is 27.2. The van der Waals surface area contributed by atoms with Gasteiger partial charge in [-0.15, -0.1) is 0 Å². The first-order chi connectivity index (χ1) is 22.4.